The van der Waals surface area contributed by atoms with Gasteiger partial charge in [0.2, 0.25) is 0 Å². The quantitative estimate of drug-likeness (QED) is 0.909. The Balaban J connectivity index is 2.25. The van der Waals surface area contributed by atoms with Gasteiger partial charge in [0.15, 0.2) is 0 Å². The summed E-state index contributed by atoms with van der Waals surface area (Å²) in [4.78, 5) is 7.95. The van der Waals surface area contributed by atoms with E-state index in [4.69, 9.17) is 10.5 Å². The third kappa shape index (κ3) is 2.78. The first-order valence-corrected chi connectivity index (χ1v) is 5.25. The summed E-state index contributed by atoms with van der Waals surface area (Å²) in [5.74, 6) is -1.44. The molecule has 4 nitrogen and oxygen atoms in total. The summed E-state index contributed by atoms with van der Waals surface area (Å²) < 4.78 is 31.1. The van der Waals surface area contributed by atoms with Crippen molar-refractivity contribution in [1.29, 1.82) is 0 Å². The summed E-state index contributed by atoms with van der Waals surface area (Å²) in [6.45, 7) is 2.07. The second-order valence-corrected chi connectivity index (χ2v) is 3.67. The van der Waals surface area contributed by atoms with Crippen LogP contribution in [0, 0.1) is 18.6 Å². The number of nitrogens with two attached hydrogens (primary N) is 1. The van der Waals surface area contributed by atoms with E-state index in [9.17, 15) is 8.78 Å². The van der Waals surface area contributed by atoms with Crippen LogP contribution in [0.15, 0.2) is 24.4 Å². The maximum absolute atomic E-state index is 13.0. The molecule has 18 heavy (non-hydrogen) atoms. The molecule has 0 aliphatic rings. The third-order valence-corrected chi connectivity index (χ3v) is 2.32. The fourth-order valence-electron chi connectivity index (χ4n) is 1.41. The lowest BCUT2D eigenvalue weighted by Crippen LogP contribution is -2.03. The number of rotatable bonds is 3. The number of halogens is 2. The van der Waals surface area contributed by atoms with Crippen molar-refractivity contribution >= 4 is 0 Å². The summed E-state index contributed by atoms with van der Waals surface area (Å²) in [6.07, 6.45) is 1.52. The number of hydrogen-bond acceptors (Lipinski definition) is 4. The van der Waals surface area contributed by atoms with Gasteiger partial charge in [-0.05, 0) is 6.92 Å². The van der Waals surface area contributed by atoms with Crippen molar-refractivity contribution in [3.63, 3.8) is 0 Å². The van der Waals surface area contributed by atoms with Crippen LogP contribution in [0.4, 0.5) is 8.78 Å². The molecule has 0 radical (unpaired) electrons. The molecular weight excluding hydrogens is 240 g/mol. The molecule has 94 valence electrons. The molecule has 0 spiro atoms. The molecule has 1 heterocycles. The lowest BCUT2D eigenvalue weighted by atomic mass is 10.2. The van der Waals surface area contributed by atoms with E-state index in [2.05, 4.69) is 9.97 Å². The molecule has 0 fully saturated rings. The highest BCUT2D eigenvalue weighted by Gasteiger charge is 2.06. The van der Waals surface area contributed by atoms with Crippen molar-refractivity contribution in [2.45, 2.75) is 13.5 Å². The summed E-state index contributed by atoms with van der Waals surface area (Å²) in [7, 11) is 0. The molecule has 0 saturated heterocycles. The minimum atomic E-state index is -0.722. The standard InChI is InChI=1S/C12H11F2N3O/c1-7-8(5-15)6-16-12(17-7)18-11-3-9(13)2-10(14)4-11/h2-4,6H,5,15H2,1H3. The van der Waals surface area contributed by atoms with Gasteiger partial charge in [-0.15, -0.1) is 0 Å². The van der Waals surface area contributed by atoms with Crippen LogP contribution in [-0.2, 0) is 6.54 Å². The molecule has 0 atom stereocenters. The Morgan fingerprint density at radius 2 is 1.89 bits per heavy atom. The van der Waals surface area contributed by atoms with Gasteiger partial charge in [0.1, 0.15) is 17.4 Å². The molecule has 0 aliphatic carbocycles. The third-order valence-electron chi connectivity index (χ3n) is 2.32. The van der Waals surface area contributed by atoms with Gasteiger partial charge in [0, 0.05) is 42.2 Å². The monoisotopic (exact) mass is 251 g/mol. The Hall–Kier alpha value is -2.08. The van der Waals surface area contributed by atoms with Gasteiger partial charge in [0.25, 0.3) is 0 Å². The lowest BCUT2D eigenvalue weighted by Gasteiger charge is -2.06. The van der Waals surface area contributed by atoms with Crippen molar-refractivity contribution in [3.8, 4) is 11.8 Å². The van der Waals surface area contributed by atoms with E-state index in [-0.39, 0.29) is 11.8 Å². The van der Waals surface area contributed by atoms with Gasteiger partial charge in [-0.25, -0.2) is 13.8 Å². The molecule has 6 heteroatoms. The molecule has 1 aromatic heterocycles. The van der Waals surface area contributed by atoms with Gasteiger partial charge in [0.05, 0.1) is 0 Å². The largest absolute Gasteiger partial charge is 0.424 e. The van der Waals surface area contributed by atoms with Gasteiger partial charge >= 0.3 is 6.01 Å². The normalized spacial score (nSPS) is 10.4. The highest BCUT2D eigenvalue weighted by molar-refractivity contribution is 5.27. The summed E-state index contributed by atoms with van der Waals surface area (Å²) >= 11 is 0. The maximum Gasteiger partial charge on any atom is 0.322 e. The second-order valence-electron chi connectivity index (χ2n) is 3.67. The smallest absolute Gasteiger partial charge is 0.322 e. The molecule has 2 N–H and O–H groups in total. The van der Waals surface area contributed by atoms with E-state index >= 15 is 0 Å². The highest BCUT2D eigenvalue weighted by Crippen LogP contribution is 2.20. The molecule has 0 aliphatic heterocycles. The van der Waals surface area contributed by atoms with E-state index in [1.165, 1.54) is 6.20 Å². The maximum atomic E-state index is 13.0. The predicted octanol–water partition coefficient (Wildman–Crippen LogP) is 2.31. The first kappa shape index (κ1) is 12.4. The van der Waals surface area contributed by atoms with Crippen molar-refractivity contribution in [3.05, 3.63) is 47.3 Å². The van der Waals surface area contributed by atoms with Gasteiger partial charge in [-0.3, -0.25) is 0 Å². The van der Waals surface area contributed by atoms with E-state index in [0.29, 0.717) is 12.2 Å². The molecule has 2 aromatic rings. The summed E-state index contributed by atoms with van der Waals surface area (Å²) in [5.41, 5.74) is 6.92. The number of ether oxygens (including phenoxy) is 1. The highest BCUT2D eigenvalue weighted by atomic mass is 19.1. The number of aryl methyl sites for hydroxylation is 1. The average Bonchev–Trinajstić information content (AvgIpc) is 2.27. The zero-order valence-electron chi connectivity index (χ0n) is 9.65. The van der Waals surface area contributed by atoms with Crippen molar-refractivity contribution in [2.24, 2.45) is 5.73 Å². The average molecular weight is 251 g/mol. The summed E-state index contributed by atoms with van der Waals surface area (Å²) in [6, 6.07) is 2.89. The van der Waals surface area contributed by atoms with Crippen LogP contribution >= 0.6 is 0 Å². The van der Waals surface area contributed by atoms with Crippen LogP contribution in [-0.4, -0.2) is 9.97 Å². The molecular formula is C12H11F2N3O. The number of aromatic nitrogens is 2. The molecule has 1 aromatic carbocycles. The van der Waals surface area contributed by atoms with E-state index in [0.717, 1.165) is 23.8 Å². The van der Waals surface area contributed by atoms with Crippen LogP contribution < -0.4 is 10.5 Å². The molecule has 0 amide bonds. The van der Waals surface area contributed by atoms with E-state index < -0.39 is 11.6 Å². The first-order chi connectivity index (χ1) is 8.58. The van der Waals surface area contributed by atoms with Crippen LogP contribution in [0.1, 0.15) is 11.3 Å². The van der Waals surface area contributed by atoms with Gasteiger partial charge < -0.3 is 10.5 Å². The van der Waals surface area contributed by atoms with Gasteiger partial charge in [-0.2, -0.15) is 4.98 Å². The Morgan fingerprint density at radius 3 is 2.44 bits per heavy atom. The van der Waals surface area contributed by atoms with Crippen LogP contribution in [0.3, 0.4) is 0 Å². The zero-order chi connectivity index (χ0) is 13.1. The fraction of sp³-hybridized carbons (Fsp3) is 0.167. The zero-order valence-corrected chi connectivity index (χ0v) is 9.65. The van der Waals surface area contributed by atoms with Gasteiger partial charge in [-0.1, -0.05) is 0 Å². The Labute approximate surface area is 102 Å². The molecule has 2 rings (SSSR count). The fourth-order valence-corrected chi connectivity index (χ4v) is 1.41. The van der Waals surface area contributed by atoms with Crippen molar-refractivity contribution < 1.29 is 13.5 Å². The Bertz CT molecular complexity index is 555. The molecule has 0 saturated carbocycles. The Morgan fingerprint density at radius 1 is 1.22 bits per heavy atom. The topological polar surface area (TPSA) is 61.0 Å². The van der Waals surface area contributed by atoms with E-state index in [1.807, 2.05) is 0 Å². The van der Waals surface area contributed by atoms with E-state index in [1.54, 1.807) is 6.92 Å². The number of nitrogens with zero attached hydrogens (tertiary/aromatic N) is 2. The second kappa shape index (κ2) is 5.05. The minimum absolute atomic E-state index is 0.00685. The number of benzene rings is 1. The predicted molar refractivity (Wildman–Crippen MR) is 61.1 cm³/mol. The SMILES string of the molecule is Cc1nc(Oc2cc(F)cc(F)c2)ncc1CN. The number of hydrogen-bond donors (Lipinski definition) is 1. The van der Waals surface area contributed by atoms with Crippen LogP contribution in [0.5, 0.6) is 11.8 Å². The molecule has 0 bridgehead atoms. The summed E-state index contributed by atoms with van der Waals surface area (Å²) in [5, 5.41) is 0. The first-order valence-electron chi connectivity index (χ1n) is 5.25. The minimum Gasteiger partial charge on any atom is -0.424 e. The van der Waals surface area contributed by atoms with Crippen LogP contribution in [0.25, 0.3) is 0 Å². The van der Waals surface area contributed by atoms with Crippen molar-refractivity contribution in [2.75, 3.05) is 0 Å². The Kier molecular flexibility index (Phi) is 3.47. The molecule has 0 unspecified atom stereocenters. The van der Waals surface area contributed by atoms with Crippen molar-refractivity contribution in [1.82, 2.24) is 9.97 Å². The van der Waals surface area contributed by atoms with Crippen LogP contribution in [0.2, 0.25) is 0 Å². The lowest BCUT2D eigenvalue weighted by molar-refractivity contribution is 0.430.